The smallest absolute Gasteiger partial charge is 0.305 e. The van der Waals surface area contributed by atoms with E-state index in [2.05, 4.69) is 10.0 Å². The first-order chi connectivity index (χ1) is 13.2. The molecule has 0 saturated heterocycles. The van der Waals surface area contributed by atoms with Crippen molar-refractivity contribution in [3.63, 3.8) is 0 Å². The van der Waals surface area contributed by atoms with Crippen LogP contribution >= 0.6 is 0 Å². The number of aliphatic carboxylic acids is 1. The standard InChI is InChI=1S/C19H22N2O6S/c1-2-3-8-17(22)20-19(25)16(12-18(23)24)21-28(26,27)15-10-9-13-6-4-5-7-14(13)11-15/h4-7,9-11,16,21H,2-3,8,12H2,1H3,(H,23,24)(H,20,22,25)/t16-/m0/s1. The molecule has 0 saturated carbocycles. The molecule has 2 aromatic carbocycles. The third-order valence-corrected chi connectivity index (χ3v) is 5.51. The fourth-order valence-electron chi connectivity index (χ4n) is 2.58. The molecule has 0 aliphatic heterocycles. The highest BCUT2D eigenvalue weighted by molar-refractivity contribution is 7.89. The number of nitrogens with one attached hydrogen (secondary N) is 2. The minimum absolute atomic E-state index is 0.0967. The summed E-state index contributed by atoms with van der Waals surface area (Å²) in [5, 5.41) is 12.6. The topological polar surface area (TPSA) is 130 Å². The van der Waals surface area contributed by atoms with E-state index in [0.29, 0.717) is 11.8 Å². The van der Waals surface area contributed by atoms with E-state index in [1.807, 2.05) is 19.1 Å². The van der Waals surface area contributed by atoms with Crippen LogP contribution in [0.15, 0.2) is 47.4 Å². The molecule has 1 atom stereocenters. The Labute approximate surface area is 163 Å². The van der Waals surface area contributed by atoms with Crippen LogP contribution in [0.2, 0.25) is 0 Å². The summed E-state index contributed by atoms with van der Waals surface area (Å²) in [6.07, 6.45) is 0.611. The van der Waals surface area contributed by atoms with Crippen molar-refractivity contribution in [1.29, 1.82) is 0 Å². The summed E-state index contributed by atoms with van der Waals surface area (Å²) in [6.45, 7) is 1.88. The van der Waals surface area contributed by atoms with Crippen LogP contribution in [-0.2, 0) is 24.4 Å². The van der Waals surface area contributed by atoms with Crippen LogP contribution in [0.3, 0.4) is 0 Å². The number of carbonyl (C=O) groups excluding carboxylic acids is 2. The molecule has 0 spiro atoms. The van der Waals surface area contributed by atoms with Crippen molar-refractivity contribution in [1.82, 2.24) is 10.0 Å². The van der Waals surface area contributed by atoms with Gasteiger partial charge in [-0.1, -0.05) is 43.7 Å². The van der Waals surface area contributed by atoms with Crippen molar-refractivity contribution in [3.8, 4) is 0 Å². The molecule has 28 heavy (non-hydrogen) atoms. The third-order valence-electron chi connectivity index (χ3n) is 4.04. The predicted molar refractivity (Wildman–Crippen MR) is 103 cm³/mol. The fraction of sp³-hybridized carbons (Fsp3) is 0.316. The van der Waals surface area contributed by atoms with E-state index in [1.54, 1.807) is 18.2 Å². The number of sulfonamides is 1. The number of carboxylic acids is 1. The predicted octanol–water partition coefficient (Wildman–Crippen LogP) is 1.79. The molecule has 0 radical (unpaired) electrons. The average molecular weight is 406 g/mol. The summed E-state index contributed by atoms with van der Waals surface area (Å²) in [6, 6.07) is 9.94. The van der Waals surface area contributed by atoms with Gasteiger partial charge in [0.05, 0.1) is 11.3 Å². The largest absolute Gasteiger partial charge is 0.481 e. The first-order valence-corrected chi connectivity index (χ1v) is 10.3. The maximum atomic E-state index is 12.7. The molecule has 150 valence electrons. The summed E-state index contributed by atoms with van der Waals surface area (Å²) in [4.78, 5) is 34.9. The summed E-state index contributed by atoms with van der Waals surface area (Å²) in [5.41, 5.74) is 0. The van der Waals surface area contributed by atoms with E-state index < -0.39 is 40.3 Å². The van der Waals surface area contributed by atoms with E-state index in [4.69, 9.17) is 5.11 Å². The quantitative estimate of drug-likeness (QED) is 0.582. The molecule has 0 heterocycles. The molecule has 0 bridgehead atoms. The van der Waals surface area contributed by atoms with E-state index in [-0.39, 0.29) is 11.3 Å². The second-order valence-electron chi connectivity index (χ2n) is 6.30. The van der Waals surface area contributed by atoms with Crippen LogP contribution in [0.1, 0.15) is 32.6 Å². The lowest BCUT2D eigenvalue weighted by atomic mass is 10.1. The number of imide groups is 1. The Kier molecular flexibility index (Phi) is 7.24. The Bertz CT molecular complexity index is 987. The normalized spacial score (nSPS) is 12.5. The molecular weight excluding hydrogens is 384 g/mol. The monoisotopic (exact) mass is 406 g/mol. The van der Waals surface area contributed by atoms with Crippen molar-refractivity contribution in [2.24, 2.45) is 0 Å². The number of benzene rings is 2. The van der Waals surface area contributed by atoms with E-state index in [9.17, 15) is 22.8 Å². The first kappa shape index (κ1) is 21.5. The summed E-state index contributed by atoms with van der Waals surface area (Å²) in [7, 11) is -4.18. The molecule has 0 unspecified atom stereocenters. The third kappa shape index (κ3) is 5.86. The lowest BCUT2D eigenvalue weighted by Crippen LogP contribution is -2.49. The second-order valence-corrected chi connectivity index (χ2v) is 8.01. The van der Waals surface area contributed by atoms with Crippen molar-refractivity contribution < 1.29 is 27.9 Å². The van der Waals surface area contributed by atoms with Crippen LogP contribution in [0.4, 0.5) is 0 Å². The van der Waals surface area contributed by atoms with E-state index in [0.717, 1.165) is 11.8 Å². The van der Waals surface area contributed by atoms with Gasteiger partial charge in [0, 0.05) is 6.42 Å². The van der Waals surface area contributed by atoms with Gasteiger partial charge < -0.3 is 5.11 Å². The van der Waals surface area contributed by atoms with Gasteiger partial charge in [-0.05, 0) is 29.3 Å². The van der Waals surface area contributed by atoms with Gasteiger partial charge in [-0.2, -0.15) is 4.72 Å². The van der Waals surface area contributed by atoms with Crippen molar-refractivity contribution in [2.75, 3.05) is 0 Å². The zero-order chi connectivity index (χ0) is 20.7. The number of hydrogen-bond donors (Lipinski definition) is 3. The Morgan fingerprint density at radius 3 is 2.39 bits per heavy atom. The zero-order valence-electron chi connectivity index (χ0n) is 15.3. The lowest BCUT2D eigenvalue weighted by molar-refractivity contribution is -0.141. The first-order valence-electron chi connectivity index (χ1n) is 8.79. The van der Waals surface area contributed by atoms with Crippen LogP contribution < -0.4 is 10.0 Å². The number of amides is 2. The SMILES string of the molecule is CCCCC(=O)NC(=O)[C@H](CC(=O)O)NS(=O)(=O)c1ccc2ccccc2c1. The fourth-order valence-corrected chi connectivity index (χ4v) is 3.81. The zero-order valence-corrected chi connectivity index (χ0v) is 16.2. The number of hydrogen-bond acceptors (Lipinski definition) is 5. The summed E-state index contributed by atoms with van der Waals surface area (Å²) >= 11 is 0. The maximum Gasteiger partial charge on any atom is 0.305 e. The molecule has 0 aliphatic carbocycles. The molecule has 2 rings (SSSR count). The number of carbonyl (C=O) groups is 3. The Morgan fingerprint density at radius 1 is 1.07 bits per heavy atom. The van der Waals surface area contributed by atoms with Gasteiger partial charge in [0.15, 0.2) is 0 Å². The summed E-state index contributed by atoms with van der Waals surface area (Å²) in [5.74, 6) is -2.94. The maximum absolute atomic E-state index is 12.7. The summed E-state index contributed by atoms with van der Waals surface area (Å²) < 4.78 is 27.4. The molecule has 0 aliphatic rings. The molecule has 0 aromatic heterocycles. The van der Waals surface area contributed by atoms with Crippen LogP contribution in [-0.4, -0.2) is 37.3 Å². The molecule has 8 nitrogen and oxygen atoms in total. The molecule has 3 N–H and O–H groups in total. The number of rotatable bonds is 9. The highest BCUT2D eigenvalue weighted by Gasteiger charge is 2.29. The van der Waals surface area contributed by atoms with Gasteiger partial charge >= 0.3 is 5.97 Å². The minimum atomic E-state index is -4.18. The highest BCUT2D eigenvalue weighted by Crippen LogP contribution is 2.19. The molecule has 9 heteroatoms. The van der Waals surface area contributed by atoms with E-state index >= 15 is 0 Å². The van der Waals surface area contributed by atoms with Gasteiger partial charge in [0.2, 0.25) is 21.8 Å². The van der Waals surface area contributed by atoms with E-state index in [1.165, 1.54) is 12.1 Å². The van der Waals surface area contributed by atoms with Crippen molar-refractivity contribution >= 4 is 38.6 Å². The van der Waals surface area contributed by atoms with Gasteiger partial charge in [-0.3, -0.25) is 19.7 Å². The van der Waals surface area contributed by atoms with Crippen LogP contribution in [0, 0.1) is 0 Å². The number of carboxylic acid groups (broad SMARTS) is 1. The number of unbranched alkanes of at least 4 members (excludes halogenated alkanes) is 1. The van der Waals surface area contributed by atoms with Crippen molar-refractivity contribution in [3.05, 3.63) is 42.5 Å². The molecular formula is C19H22N2O6S. The average Bonchev–Trinajstić information content (AvgIpc) is 2.64. The second kappa shape index (κ2) is 9.43. The Hall–Kier alpha value is -2.78. The minimum Gasteiger partial charge on any atom is -0.481 e. The lowest BCUT2D eigenvalue weighted by Gasteiger charge is -2.16. The van der Waals surface area contributed by atoms with Gasteiger partial charge in [-0.25, -0.2) is 8.42 Å². The number of fused-ring (bicyclic) bond motifs is 1. The van der Waals surface area contributed by atoms with Gasteiger partial charge in [-0.15, -0.1) is 0 Å². The Balaban J connectivity index is 2.22. The molecule has 2 aromatic rings. The van der Waals surface area contributed by atoms with Gasteiger partial charge in [0.25, 0.3) is 0 Å². The van der Waals surface area contributed by atoms with Crippen LogP contribution in [0.5, 0.6) is 0 Å². The van der Waals surface area contributed by atoms with Crippen LogP contribution in [0.25, 0.3) is 10.8 Å². The highest BCUT2D eigenvalue weighted by atomic mass is 32.2. The van der Waals surface area contributed by atoms with Crippen molar-refractivity contribution in [2.45, 2.75) is 43.5 Å². The molecule has 0 fully saturated rings. The molecule has 2 amide bonds. The van der Waals surface area contributed by atoms with Gasteiger partial charge in [0.1, 0.15) is 6.04 Å². The Morgan fingerprint density at radius 2 is 1.75 bits per heavy atom.